The Labute approximate surface area is 113 Å². The summed E-state index contributed by atoms with van der Waals surface area (Å²) < 4.78 is 4.68. The molecule has 2 heterocycles. The Morgan fingerprint density at radius 3 is 3.00 bits per heavy atom. The fourth-order valence-electron chi connectivity index (χ4n) is 2.35. The standard InChI is InChI=1S/C14H20N2O3/c1-14(18)5-3-8-16(9-6-14)11-4-7-15-12(10-11)13(17)19-2/h4,7,10,18H,3,5-6,8-9H2,1-2H3. The van der Waals surface area contributed by atoms with Gasteiger partial charge in [0, 0.05) is 25.0 Å². The maximum atomic E-state index is 11.5. The van der Waals surface area contributed by atoms with Crippen molar-refractivity contribution in [2.24, 2.45) is 0 Å². The number of hydrogen-bond donors (Lipinski definition) is 1. The number of nitrogens with zero attached hydrogens (tertiary/aromatic N) is 2. The van der Waals surface area contributed by atoms with Crippen LogP contribution in [-0.2, 0) is 4.74 Å². The molecule has 0 saturated carbocycles. The van der Waals surface area contributed by atoms with Crippen LogP contribution >= 0.6 is 0 Å². The molecule has 2 rings (SSSR count). The van der Waals surface area contributed by atoms with Gasteiger partial charge in [0.15, 0.2) is 0 Å². The van der Waals surface area contributed by atoms with E-state index in [1.807, 2.05) is 13.0 Å². The van der Waals surface area contributed by atoms with Gasteiger partial charge in [-0.25, -0.2) is 9.78 Å². The summed E-state index contributed by atoms with van der Waals surface area (Å²) in [5.41, 5.74) is 0.677. The van der Waals surface area contributed by atoms with E-state index in [2.05, 4.69) is 14.6 Å². The molecular formula is C14H20N2O3. The second-order valence-electron chi connectivity index (χ2n) is 5.23. The smallest absolute Gasteiger partial charge is 0.356 e. The topological polar surface area (TPSA) is 62.7 Å². The lowest BCUT2D eigenvalue weighted by Gasteiger charge is -2.24. The van der Waals surface area contributed by atoms with E-state index in [0.717, 1.165) is 38.0 Å². The quantitative estimate of drug-likeness (QED) is 0.822. The van der Waals surface area contributed by atoms with Crippen LogP contribution in [0, 0.1) is 0 Å². The number of anilines is 1. The number of methoxy groups -OCH3 is 1. The Morgan fingerprint density at radius 1 is 1.47 bits per heavy atom. The third-order valence-electron chi connectivity index (χ3n) is 3.57. The summed E-state index contributed by atoms with van der Waals surface area (Å²) in [6.07, 6.45) is 4.08. The van der Waals surface area contributed by atoms with E-state index in [9.17, 15) is 9.90 Å². The van der Waals surface area contributed by atoms with Crippen molar-refractivity contribution in [1.82, 2.24) is 4.98 Å². The van der Waals surface area contributed by atoms with Crippen LogP contribution in [0.5, 0.6) is 0 Å². The Hall–Kier alpha value is -1.62. The zero-order chi connectivity index (χ0) is 13.9. The number of aliphatic hydroxyl groups is 1. The summed E-state index contributed by atoms with van der Waals surface area (Å²) in [5, 5.41) is 10.1. The number of rotatable bonds is 2. The van der Waals surface area contributed by atoms with E-state index >= 15 is 0 Å². The molecule has 1 aliphatic rings. The number of aromatic nitrogens is 1. The summed E-state index contributed by atoms with van der Waals surface area (Å²) in [7, 11) is 1.35. The van der Waals surface area contributed by atoms with E-state index in [-0.39, 0.29) is 0 Å². The van der Waals surface area contributed by atoms with E-state index in [0.29, 0.717) is 5.69 Å². The van der Waals surface area contributed by atoms with E-state index in [1.54, 1.807) is 12.3 Å². The number of ether oxygens (including phenoxy) is 1. The van der Waals surface area contributed by atoms with Gasteiger partial charge >= 0.3 is 5.97 Å². The van der Waals surface area contributed by atoms with Crippen LogP contribution in [0.3, 0.4) is 0 Å². The molecule has 1 N–H and O–H groups in total. The molecule has 1 saturated heterocycles. The van der Waals surface area contributed by atoms with Gasteiger partial charge < -0.3 is 14.7 Å². The molecule has 1 aromatic heterocycles. The van der Waals surface area contributed by atoms with Gasteiger partial charge in [0.2, 0.25) is 0 Å². The highest BCUT2D eigenvalue weighted by atomic mass is 16.5. The number of hydrogen-bond acceptors (Lipinski definition) is 5. The molecule has 1 unspecified atom stereocenters. The predicted molar refractivity (Wildman–Crippen MR) is 72.3 cm³/mol. The second kappa shape index (κ2) is 5.57. The maximum Gasteiger partial charge on any atom is 0.356 e. The molecule has 19 heavy (non-hydrogen) atoms. The molecule has 0 aliphatic carbocycles. The van der Waals surface area contributed by atoms with Gasteiger partial charge in [0.05, 0.1) is 12.7 Å². The lowest BCUT2D eigenvalue weighted by atomic mass is 9.98. The molecule has 104 valence electrons. The van der Waals surface area contributed by atoms with Crippen molar-refractivity contribution in [3.63, 3.8) is 0 Å². The summed E-state index contributed by atoms with van der Waals surface area (Å²) in [4.78, 5) is 17.7. The minimum absolute atomic E-state index is 0.316. The first-order valence-electron chi connectivity index (χ1n) is 6.53. The van der Waals surface area contributed by atoms with Crippen LogP contribution in [0.2, 0.25) is 0 Å². The van der Waals surface area contributed by atoms with Gasteiger partial charge in [-0.3, -0.25) is 0 Å². The summed E-state index contributed by atoms with van der Waals surface area (Å²) in [5.74, 6) is -0.427. The zero-order valence-electron chi connectivity index (χ0n) is 11.4. The van der Waals surface area contributed by atoms with Crippen molar-refractivity contribution in [2.45, 2.75) is 31.8 Å². The molecule has 0 radical (unpaired) electrons. The van der Waals surface area contributed by atoms with Gasteiger partial charge in [-0.1, -0.05) is 0 Å². The predicted octanol–water partition coefficient (Wildman–Crippen LogP) is 1.61. The molecule has 0 amide bonds. The van der Waals surface area contributed by atoms with Gasteiger partial charge in [-0.15, -0.1) is 0 Å². The lowest BCUT2D eigenvalue weighted by Crippen LogP contribution is -2.28. The molecule has 5 nitrogen and oxygen atoms in total. The summed E-state index contributed by atoms with van der Waals surface area (Å²) in [6, 6.07) is 3.62. The van der Waals surface area contributed by atoms with Gasteiger partial charge in [-0.05, 0) is 38.3 Å². The highest BCUT2D eigenvalue weighted by Crippen LogP contribution is 2.25. The molecule has 1 aromatic rings. The number of carbonyl (C=O) groups is 1. The Balaban J connectivity index is 2.15. The summed E-state index contributed by atoms with van der Waals surface area (Å²) >= 11 is 0. The molecule has 1 fully saturated rings. The number of carbonyl (C=O) groups excluding carboxylic acids is 1. The minimum Gasteiger partial charge on any atom is -0.464 e. The van der Waals surface area contributed by atoms with Crippen molar-refractivity contribution < 1.29 is 14.6 Å². The van der Waals surface area contributed by atoms with E-state index in [1.165, 1.54) is 7.11 Å². The fourth-order valence-corrected chi connectivity index (χ4v) is 2.35. The number of pyridine rings is 1. The maximum absolute atomic E-state index is 11.5. The minimum atomic E-state index is -0.590. The number of esters is 1. The third kappa shape index (κ3) is 3.44. The zero-order valence-corrected chi connectivity index (χ0v) is 11.4. The molecule has 0 bridgehead atoms. The monoisotopic (exact) mass is 264 g/mol. The van der Waals surface area contributed by atoms with Crippen LogP contribution in [0.25, 0.3) is 0 Å². The third-order valence-corrected chi connectivity index (χ3v) is 3.57. The molecular weight excluding hydrogens is 244 g/mol. The van der Waals surface area contributed by atoms with Crippen molar-refractivity contribution >= 4 is 11.7 Å². The Bertz CT molecular complexity index is 460. The van der Waals surface area contributed by atoms with Crippen LogP contribution < -0.4 is 4.90 Å². The molecule has 0 aromatic carbocycles. The Kier molecular flexibility index (Phi) is 4.04. The van der Waals surface area contributed by atoms with Crippen LogP contribution in [0.15, 0.2) is 18.3 Å². The van der Waals surface area contributed by atoms with Gasteiger partial charge in [0.25, 0.3) is 0 Å². The molecule has 1 atom stereocenters. The average molecular weight is 264 g/mol. The van der Waals surface area contributed by atoms with E-state index in [4.69, 9.17) is 0 Å². The highest BCUT2D eigenvalue weighted by molar-refractivity contribution is 5.88. The SMILES string of the molecule is COC(=O)c1cc(N2CCCC(C)(O)CC2)ccn1. The molecule has 1 aliphatic heterocycles. The molecule has 0 spiro atoms. The van der Waals surface area contributed by atoms with Crippen molar-refractivity contribution in [1.29, 1.82) is 0 Å². The largest absolute Gasteiger partial charge is 0.464 e. The first-order chi connectivity index (χ1) is 9.02. The lowest BCUT2D eigenvalue weighted by molar-refractivity contribution is 0.0481. The molecule has 5 heteroatoms. The fraction of sp³-hybridized carbons (Fsp3) is 0.571. The van der Waals surface area contributed by atoms with Crippen molar-refractivity contribution in [3.8, 4) is 0 Å². The van der Waals surface area contributed by atoms with Crippen LogP contribution in [0.1, 0.15) is 36.7 Å². The van der Waals surface area contributed by atoms with Crippen molar-refractivity contribution in [2.75, 3.05) is 25.1 Å². The second-order valence-corrected chi connectivity index (χ2v) is 5.23. The van der Waals surface area contributed by atoms with Crippen LogP contribution in [-0.4, -0.2) is 41.9 Å². The van der Waals surface area contributed by atoms with Gasteiger partial charge in [-0.2, -0.15) is 0 Å². The van der Waals surface area contributed by atoms with Crippen LogP contribution in [0.4, 0.5) is 5.69 Å². The first kappa shape index (κ1) is 13.8. The summed E-state index contributed by atoms with van der Waals surface area (Å²) in [6.45, 7) is 3.53. The average Bonchev–Trinajstić information content (AvgIpc) is 2.59. The van der Waals surface area contributed by atoms with E-state index < -0.39 is 11.6 Å². The van der Waals surface area contributed by atoms with Gasteiger partial charge in [0.1, 0.15) is 5.69 Å². The van der Waals surface area contributed by atoms with Crippen molar-refractivity contribution in [3.05, 3.63) is 24.0 Å². The normalized spacial score (nSPS) is 23.8. The first-order valence-corrected chi connectivity index (χ1v) is 6.53. The highest BCUT2D eigenvalue weighted by Gasteiger charge is 2.25. The Morgan fingerprint density at radius 2 is 2.26 bits per heavy atom.